The Morgan fingerprint density at radius 2 is 1.87 bits per heavy atom. The number of rotatable bonds is 3. The first-order valence-electron chi connectivity index (χ1n) is 4.62. The third-order valence-corrected chi connectivity index (χ3v) is 3.77. The highest BCUT2D eigenvalue weighted by Gasteiger charge is 2.51. The number of hydrogen-bond donors (Lipinski definition) is 1. The Morgan fingerprint density at radius 3 is 2.33 bits per heavy atom. The first-order chi connectivity index (χ1) is 7.12. The van der Waals surface area contributed by atoms with Crippen LogP contribution in [0.4, 0.5) is 0 Å². The molecule has 0 aromatic heterocycles. The molecule has 0 heterocycles. The summed E-state index contributed by atoms with van der Waals surface area (Å²) in [7, 11) is 0. The van der Waals surface area contributed by atoms with Crippen LogP contribution in [0, 0.1) is 0 Å². The van der Waals surface area contributed by atoms with Crippen molar-refractivity contribution in [2.45, 2.75) is 22.5 Å². The lowest BCUT2D eigenvalue weighted by Crippen LogP contribution is -2.48. The molecule has 0 amide bonds. The Kier molecular flexibility index (Phi) is 2.52. The molecule has 0 unspecified atom stereocenters. The normalized spacial score (nSPS) is 18.3. The molecular weight excluding hydrogens is 212 g/mol. The van der Waals surface area contributed by atoms with Gasteiger partial charge < -0.3 is 5.11 Å². The summed E-state index contributed by atoms with van der Waals surface area (Å²) in [5.74, 6) is -0.864. The predicted molar refractivity (Wildman–Crippen MR) is 56.9 cm³/mol. The lowest BCUT2D eigenvalue weighted by atomic mass is 9.83. The quantitative estimate of drug-likeness (QED) is 0.849. The summed E-state index contributed by atoms with van der Waals surface area (Å²) in [5, 5.41) is 9.09. The van der Waals surface area contributed by atoms with E-state index in [0.29, 0.717) is 0 Å². The van der Waals surface area contributed by atoms with Gasteiger partial charge in [0.1, 0.15) is 10.5 Å². The number of benzene rings is 1. The van der Waals surface area contributed by atoms with Crippen LogP contribution in [-0.2, 0) is 9.59 Å². The summed E-state index contributed by atoms with van der Waals surface area (Å²) < 4.78 is -0.918. The molecule has 0 spiro atoms. The Morgan fingerprint density at radius 1 is 1.27 bits per heavy atom. The molecule has 1 aliphatic carbocycles. The number of carbonyl (C=O) groups excluding carboxylic acids is 1. The zero-order valence-corrected chi connectivity index (χ0v) is 8.79. The highest BCUT2D eigenvalue weighted by Crippen LogP contribution is 2.45. The summed E-state index contributed by atoms with van der Waals surface area (Å²) in [6.45, 7) is 0. The zero-order valence-electron chi connectivity index (χ0n) is 7.97. The first-order valence-corrected chi connectivity index (χ1v) is 5.43. The van der Waals surface area contributed by atoms with Crippen molar-refractivity contribution in [1.82, 2.24) is 0 Å². The number of hydrogen-bond acceptors (Lipinski definition) is 3. The predicted octanol–water partition coefficient (Wildman–Crippen LogP) is 1.97. The molecule has 1 saturated carbocycles. The SMILES string of the molecule is O=C1CC(Sc2ccccc2)(C(=O)O)C1. The smallest absolute Gasteiger partial charge is 0.321 e. The number of Topliss-reactive ketones (excluding diaryl/α,β-unsaturated/α-hetero) is 1. The molecule has 0 atom stereocenters. The molecule has 0 aliphatic heterocycles. The van der Waals surface area contributed by atoms with Gasteiger partial charge in [0.2, 0.25) is 0 Å². The van der Waals surface area contributed by atoms with Crippen molar-refractivity contribution < 1.29 is 14.7 Å². The summed E-state index contributed by atoms with van der Waals surface area (Å²) in [5.41, 5.74) is 0. The molecule has 0 radical (unpaired) electrons. The van der Waals surface area contributed by atoms with Gasteiger partial charge in [-0.3, -0.25) is 9.59 Å². The standard InChI is InChI=1S/C11H10O3S/c12-8-6-11(7-8,10(13)14)15-9-4-2-1-3-5-9/h1-5H,6-7H2,(H,13,14). The van der Waals surface area contributed by atoms with Crippen molar-refractivity contribution >= 4 is 23.5 Å². The van der Waals surface area contributed by atoms with E-state index in [-0.39, 0.29) is 18.6 Å². The largest absolute Gasteiger partial charge is 0.480 e. The van der Waals surface area contributed by atoms with Crippen molar-refractivity contribution in [2.75, 3.05) is 0 Å². The molecular formula is C11H10O3S. The molecule has 15 heavy (non-hydrogen) atoms. The molecule has 1 aromatic carbocycles. The molecule has 0 saturated heterocycles. The van der Waals surface area contributed by atoms with Gasteiger partial charge in [0.05, 0.1) is 0 Å². The van der Waals surface area contributed by atoms with Crippen LogP contribution in [0.1, 0.15) is 12.8 Å². The van der Waals surface area contributed by atoms with E-state index in [1.165, 1.54) is 11.8 Å². The summed E-state index contributed by atoms with van der Waals surface area (Å²) in [6.07, 6.45) is 0.282. The molecule has 4 heteroatoms. The number of carboxylic acids is 1. The fraction of sp³-hybridized carbons (Fsp3) is 0.273. The van der Waals surface area contributed by atoms with E-state index >= 15 is 0 Å². The average Bonchev–Trinajstić information content (AvgIpc) is 2.16. The third kappa shape index (κ3) is 1.90. The van der Waals surface area contributed by atoms with Crippen LogP contribution in [-0.4, -0.2) is 21.6 Å². The monoisotopic (exact) mass is 222 g/mol. The van der Waals surface area contributed by atoms with Crippen molar-refractivity contribution in [3.63, 3.8) is 0 Å². The van der Waals surface area contributed by atoms with Gasteiger partial charge in [-0.15, -0.1) is 11.8 Å². The summed E-state index contributed by atoms with van der Waals surface area (Å²) in [6, 6.07) is 9.32. The zero-order chi connectivity index (χ0) is 10.9. The molecule has 1 fully saturated rings. The van der Waals surface area contributed by atoms with E-state index in [0.717, 1.165) is 4.90 Å². The fourth-order valence-corrected chi connectivity index (χ4v) is 2.86. The highest BCUT2D eigenvalue weighted by atomic mass is 32.2. The summed E-state index contributed by atoms with van der Waals surface area (Å²) in [4.78, 5) is 22.9. The van der Waals surface area contributed by atoms with E-state index < -0.39 is 10.7 Å². The molecule has 78 valence electrons. The minimum atomic E-state index is -0.918. The van der Waals surface area contributed by atoms with Gasteiger partial charge in [-0.05, 0) is 12.1 Å². The van der Waals surface area contributed by atoms with Gasteiger partial charge in [0.25, 0.3) is 0 Å². The van der Waals surface area contributed by atoms with Gasteiger partial charge in [0, 0.05) is 17.7 Å². The Balaban J connectivity index is 2.16. The molecule has 1 N–H and O–H groups in total. The van der Waals surface area contributed by atoms with Crippen molar-refractivity contribution in [1.29, 1.82) is 0 Å². The van der Waals surface area contributed by atoms with Gasteiger partial charge in [-0.2, -0.15) is 0 Å². The number of ketones is 1. The Hall–Kier alpha value is -1.29. The van der Waals surface area contributed by atoms with Crippen LogP contribution in [0.5, 0.6) is 0 Å². The minimum absolute atomic E-state index is 0.0285. The van der Waals surface area contributed by atoms with Crippen LogP contribution in [0.15, 0.2) is 35.2 Å². The molecule has 2 rings (SSSR count). The van der Waals surface area contributed by atoms with E-state index in [2.05, 4.69) is 0 Å². The second-order valence-electron chi connectivity index (χ2n) is 3.61. The third-order valence-electron chi connectivity index (χ3n) is 2.41. The topological polar surface area (TPSA) is 54.4 Å². The number of aliphatic carboxylic acids is 1. The highest BCUT2D eigenvalue weighted by molar-refractivity contribution is 8.01. The fourth-order valence-electron chi connectivity index (χ4n) is 1.57. The first kappa shape index (κ1) is 10.2. The van der Waals surface area contributed by atoms with E-state index in [9.17, 15) is 9.59 Å². The number of carbonyl (C=O) groups is 2. The van der Waals surface area contributed by atoms with E-state index in [4.69, 9.17) is 5.11 Å². The van der Waals surface area contributed by atoms with Crippen molar-refractivity contribution in [3.05, 3.63) is 30.3 Å². The lowest BCUT2D eigenvalue weighted by molar-refractivity contribution is -0.147. The average molecular weight is 222 g/mol. The molecule has 3 nitrogen and oxygen atoms in total. The minimum Gasteiger partial charge on any atom is -0.480 e. The van der Waals surface area contributed by atoms with E-state index in [1.807, 2.05) is 30.3 Å². The molecule has 1 aromatic rings. The summed E-state index contributed by atoms with van der Waals surface area (Å²) >= 11 is 1.27. The lowest BCUT2D eigenvalue weighted by Gasteiger charge is -2.35. The second-order valence-corrected chi connectivity index (χ2v) is 5.06. The van der Waals surface area contributed by atoms with Crippen LogP contribution in [0.3, 0.4) is 0 Å². The van der Waals surface area contributed by atoms with Crippen LogP contribution in [0.2, 0.25) is 0 Å². The Bertz CT molecular complexity index is 392. The van der Waals surface area contributed by atoms with E-state index in [1.54, 1.807) is 0 Å². The van der Waals surface area contributed by atoms with Gasteiger partial charge in [-0.25, -0.2) is 0 Å². The maximum atomic E-state index is 11.1. The van der Waals surface area contributed by atoms with Crippen LogP contribution in [0.25, 0.3) is 0 Å². The van der Waals surface area contributed by atoms with Crippen molar-refractivity contribution in [3.8, 4) is 0 Å². The molecule has 1 aliphatic rings. The number of carboxylic acid groups (broad SMARTS) is 1. The Labute approximate surface area is 91.5 Å². The van der Waals surface area contributed by atoms with Gasteiger partial charge >= 0.3 is 5.97 Å². The van der Waals surface area contributed by atoms with Crippen molar-refractivity contribution in [2.24, 2.45) is 0 Å². The maximum absolute atomic E-state index is 11.1. The maximum Gasteiger partial charge on any atom is 0.321 e. The van der Waals surface area contributed by atoms with Gasteiger partial charge in [0.15, 0.2) is 0 Å². The van der Waals surface area contributed by atoms with Crippen LogP contribution >= 0.6 is 11.8 Å². The molecule has 0 bridgehead atoms. The van der Waals surface area contributed by atoms with Gasteiger partial charge in [-0.1, -0.05) is 18.2 Å². The second kappa shape index (κ2) is 3.70. The number of thioether (sulfide) groups is 1. The van der Waals surface area contributed by atoms with Crippen LogP contribution < -0.4 is 0 Å².